The van der Waals surface area contributed by atoms with Crippen LogP contribution in [-0.4, -0.2) is 31.2 Å². The van der Waals surface area contributed by atoms with Gasteiger partial charge in [-0.1, -0.05) is 17.7 Å². The first kappa shape index (κ1) is 22.2. The van der Waals surface area contributed by atoms with Crippen molar-refractivity contribution in [3.63, 3.8) is 0 Å². The van der Waals surface area contributed by atoms with Crippen LogP contribution in [0, 0.1) is 6.92 Å². The van der Waals surface area contributed by atoms with Gasteiger partial charge in [0, 0.05) is 29.3 Å². The molecule has 0 atom stereocenters. The van der Waals surface area contributed by atoms with Crippen LogP contribution in [0.1, 0.15) is 46.8 Å². The number of phenols is 1. The average Bonchev–Trinajstić information content (AvgIpc) is 3.15. The number of rotatable bonds is 8. The first-order valence-corrected chi connectivity index (χ1v) is 10.0. The summed E-state index contributed by atoms with van der Waals surface area (Å²) in [5.74, 6) is 0.511. The molecule has 2 N–H and O–H groups in total. The van der Waals surface area contributed by atoms with E-state index in [0.29, 0.717) is 47.6 Å². The molecule has 0 spiro atoms. The second-order valence-corrected chi connectivity index (χ2v) is 7.45. The molecule has 2 aromatic carbocycles. The molecule has 1 aliphatic heterocycles. The predicted octanol–water partition coefficient (Wildman–Crippen LogP) is 4.30. The third kappa shape index (κ3) is 4.82. The quantitative estimate of drug-likeness (QED) is 0.484. The Bertz CT molecular complexity index is 1040. The van der Waals surface area contributed by atoms with Crippen molar-refractivity contribution in [3.8, 4) is 17.2 Å². The molecule has 164 valence electrons. The molecule has 0 saturated carbocycles. The lowest BCUT2D eigenvalue weighted by atomic mass is 9.94. The van der Waals surface area contributed by atoms with Gasteiger partial charge >= 0.3 is 5.97 Å². The van der Waals surface area contributed by atoms with Crippen LogP contribution in [0.4, 0.5) is 5.69 Å². The lowest BCUT2D eigenvalue weighted by Gasteiger charge is -2.15. The summed E-state index contributed by atoms with van der Waals surface area (Å²) in [5.41, 5.74) is 3.89. The van der Waals surface area contributed by atoms with Crippen molar-refractivity contribution in [3.05, 3.63) is 58.2 Å². The van der Waals surface area contributed by atoms with Crippen molar-refractivity contribution in [2.75, 3.05) is 19.5 Å². The molecule has 2 aromatic rings. The number of hydrogen-bond acceptors (Lipinski definition) is 6. The van der Waals surface area contributed by atoms with Crippen molar-refractivity contribution in [1.82, 2.24) is 0 Å². The lowest BCUT2D eigenvalue weighted by Crippen LogP contribution is -2.11. The molecule has 0 fully saturated rings. The minimum Gasteiger partial charge on any atom is -0.507 e. The van der Waals surface area contributed by atoms with Gasteiger partial charge in [-0.2, -0.15) is 0 Å². The van der Waals surface area contributed by atoms with Gasteiger partial charge < -0.3 is 24.6 Å². The molecule has 0 aromatic heterocycles. The maximum atomic E-state index is 12.3. The van der Waals surface area contributed by atoms with Crippen molar-refractivity contribution < 1.29 is 28.9 Å². The highest BCUT2D eigenvalue weighted by molar-refractivity contribution is 5.98. The Morgan fingerprint density at radius 1 is 1.26 bits per heavy atom. The molecular formula is C24H27NO6. The number of anilines is 1. The molecule has 7 nitrogen and oxygen atoms in total. The Morgan fingerprint density at radius 2 is 2.03 bits per heavy atom. The van der Waals surface area contributed by atoms with Crippen molar-refractivity contribution in [1.29, 1.82) is 0 Å². The third-order valence-corrected chi connectivity index (χ3v) is 5.40. The van der Waals surface area contributed by atoms with Gasteiger partial charge in [-0.3, -0.25) is 4.79 Å². The second-order valence-electron chi connectivity index (χ2n) is 7.45. The summed E-state index contributed by atoms with van der Waals surface area (Å²) in [5, 5.41) is 13.5. The highest BCUT2D eigenvalue weighted by Gasteiger charge is 2.31. The minimum absolute atomic E-state index is 0.0974. The zero-order chi connectivity index (χ0) is 22.5. The van der Waals surface area contributed by atoms with Crippen molar-refractivity contribution in [2.45, 2.75) is 39.7 Å². The topological polar surface area (TPSA) is 94.1 Å². The second kappa shape index (κ2) is 9.55. The van der Waals surface area contributed by atoms with E-state index in [4.69, 9.17) is 14.2 Å². The summed E-state index contributed by atoms with van der Waals surface area (Å²) in [6, 6.07) is 7.19. The van der Waals surface area contributed by atoms with E-state index in [9.17, 15) is 14.7 Å². The van der Waals surface area contributed by atoms with Crippen LogP contribution < -0.4 is 14.8 Å². The Kier molecular flexibility index (Phi) is 6.84. The maximum absolute atomic E-state index is 12.3. The molecule has 7 heteroatoms. The van der Waals surface area contributed by atoms with Crippen molar-refractivity contribution >= 4 is 17.6 Å². The van der Waals surface area contributed by atoms with E-state index in [1.54, 1.807) is 19.2 Å². The Hall–Kier alpha value is -3.48. The molecule has 0 saturated heterocycles. The maximum Gasteiger partial charge on any atom is 0.342 e. The summed E-state index contributed by atoms with van der Waals surface area (Å²) in [4.78, 5) is 24.3. The Labute approximate surface area is 181 Å². The molecule has 31 heavy (non-hydrogen) atoms. The van der Waals surface area contributed by atoms with Gasteiger partial charge in [-0.05, 0) is 44.4 Å². The van der Waals surface area contributed by atoms with Gasteiger partial charge in [0.2, 0.25) is 5.91 Å². The number of carbonyl (C=O) groups is 2. The smallest absolute Gasteiger partial charge is 0.342 e. The molecule has 3 rings (SSSR count). The van der Waals surface area contributed by atoms with Gasteiger partial charge in [-0.25, -0.2) is 4.79 Å². The molecule has 1 heterocycles. The van der Waals surface area contributed by atoms with Crippen LogP contribution in [0.15, 0.2) is 35.9 Å². The number of allylic oxidation sites excluding steroid dienone is 2. The number of carbonyl (C=O) groups excluding carboxylic acids is 2. The number of aromatic hydroxyl groups is 1. The third-order valence-electron chi connectivity index (χ3n) is 5.40. The average molecular weight is 425 g/mol. The number of cyclic esters (lactones) is 1. The van der Waals surface area contributed by atoms with E-state index in [2.05, 4.69) is 5.32 Å². The van der Waals surface area contributed by atoms with E-state index in [0.717, 1.165) is 11.1 Å². The lowest BCUT2D eigenvalue weighted by molar-refractivity contribution is -0.116. The summed E-state index contributed by atoms with van der Waals surface area (Å²) in [7, 11) is 3.11. The van der Waals surface area contributed by atoms with E-state index in [1.807, 2.05) is 32.1 Å². The standard InChI is InChI=1S/C24H27NO6/c1-14(9-11-20(26)25-16-6-5-7-17(12-16)29-3)8-10-18-22(27)21-19(13-31-24(21)28)15(2)23(18)30-4/h5-8,12,27H,9-11,13H2,1-4H3,(H,25,26). The summed E-state index contributed by atoms with van der Waals surface area (Å²) in [6.07, 6.45) is 3.19. The molecular weight excluding hydrogens is 398 g/mol. The monoisotopic (exact) mass is 425 g/mol. The van der Waals surface area contributed by atoms with Crippen LogP contribution in [0.2, 0.25) is 0 Å². The van der Waals surface area contributed by atoms with Gasteiger partial charge in [-0.15, -0.1) is 0 Å². The first-order chi connectivity index (χ1) is 14.8. The van der Waals surface area contributed by atoms with Crippen LogP contribution in [0.25, 0.3) is 0 Å². The molecule has 1 amide bonds. The van der Waals surface area contributed by atoms with Crippen LogP contribution in [0.3, 0.4) is 0 Å². The fourth-order valence-corrected chi connectivity index (χ4v) is 3.64. The molecule has 0 aliphatic carbocycles. The SMILES string of the molecule is COc1cccc(NC(=O)CCC(C)=CCc2c(O)c3c(c(C)c2OC)COC3=O)c1. The molecule has 0 bridgehead atoms. The number of phenolic OH excluding ortho intramolecular Hbond substituents is 1. The predicted molar refractivity (Wildman–Crippen MR) is 117 cm³/mol. The Morgan fingerprint density at radius 3 is 2.74 bits per heavy atom. The highest BCUT2D eigenvalue weighted by Crippen LogP contribution is 2.42. The number of methoxy groups -OCH3 is 2. The highest BCUT2D eigenvalue weighted by atomic mass is 16.5. The first-order valence-electron chi connectivity index (χ1n) is 10.0. The minimum atomic E-state index is -0.519. The van der Waals surface area contributed by atoms with Gasteiger partial charge in [0.15, 0.2) is 0 Å². The van der Waals surface area contributed by atoms with Gasteiger partial charge in [0.1, 0.15) is 29.4 Å². The van der Waals surface area contributed by atoms with Crippen LogP contribution in [0.5, 0.6) is 17.2 Å². The van der Waals surface area contributed by atoms with Crippen molar-refractivity contribution in [2.24, 2.45) is 0 Å². The fourth-order valence-electron chi connectivity index (χ4n) is 3.64. The fraction of sp³-hybridized carbons (Fsp3) is 0.333. The number of fused-ring (bicyclic) bond motifs is 1. The summed E-state index contributed by atoms with van der Waals surface area (Å²) < 4.78 is 15.7. The van der Waals surface area contributed by atoms with Gasteiger partial charge in [0.25, 0.3) is 0 Å². The molecule has 1 aliphatic rings. The van der Waals surface area contributed by atoms with Crippen LogP contribution >= 0.6 is 0 Å². The van der Waals surface area contributed by atoms with Crippen LogP contribution in [-0.2, 0) is 22.6 Å². The summed E-state index contributed by atoms with van der Waals surface area (Å²) in [6.45, 7) is 3.92. The largest absolute Gasteiger partial charge is 0.507 e. The number of hydrogen-bond donors (Lipinski definition) is 2. The zero-order valence-corrected chi connectivity index (χ0v) is 18.2. The molecule has 0 radical (unpaired) electrons. The number of ether oxygens (including phenoxy) is 3. The van der Waals surface area contributed by atoms with E-state index < -0.39 is 5.97 Å². The van der Waals surface area contributed by atoms with E-state index in [-0.39, 0.29) is 23.8 Å². The summed E-state index contributed by atoms with van der Waals surface area (Å²) >= 11 is 0. The number of benzene rings is 2. The zero-order valence-electron chi connectivity index (χ0n) is 18.2. The normalized spacial score (nSPS) is 12.9. The van der Waals surface area contributed by atoms with E-state index >= 15 is 0 Å². The molecule has 0 unspecified atom stereocenters. The number of amides is 1. The number of nitrogens with one attached hydrogen (secondary N) is 1. The van der Waals surface area contributed by atoms with E-state index in [1.165, 1.54) is 7.11 Å². The van der Waals surface area contributed by atoms with Gasteiger partial charge in [0.05, 0.1) is 14.2 Å². The number of esters is 1. The Balaban J connectivity index is 1.67.